The average Bonchev–Trinajstić information content (AvgIpc) is 2.26. The van der Waals surface area contributed by atoms with E-state index in [4.69, 9.17) is 4.52 Å². The van der Waals surface area contributed by atoms with Crippen LogP contribution in [0.3, 0.4) is 0 Å². The normalized spacial score (nSPS) is 27.6. The number of nitrogens with one attached hydrogen (secondary N) is 1. The molecule has 1 aliphatic heterocycles. The van der Waals surface area contributed by atoms with E-state index in [1.807, 2.05) is 13.8 Å². The number of rotatable bonds is 1. The Hall–Kier alpha value is -0.630. The molecule has 0 saturated carbocycles. The molecule has 0 aromatic heterocycles. The van der Waals surface area contributed by atoms with E-state index in [9.17, 15) is 4.57 Å². The van der Waals surface area contributed by atoms with Gasteiger partial charge in [0.2, 0.25) is 0 Å². The van der Waals surface area contributed by atoms with Gasteiger partial charge in [0.25, 0.3) is 7.52 Å². The van der Waals surface area contributed by atoms with Gasteiger partial charge >= 0.3 is 0 Å². The molecule has 0 spiro atoms. The Kier molecular flexibility index (Phi) is 4.17. The van der Waals surface area contributed by atoms with Crippen molar-refractivity contribution in [2.75, 3.05) is 13.2 Å². The summed E-state index contributed by atoms with van der Waals surface area (Å²) in [6.45, 7) is 14.0. The summed E-state index contributed by atoms with van der Waals surface area (Å²) in [6.07, 6.45) is 0. The molecule has 3 nitrogen and oxygen atoms in total. The van der Waals surface area contributed by atoms with E-state index in [0.717, 1.165) is 23.0 Å². The lowest BCUT2D eigenvalue weighted by Gasteiger charge is -2.38. The molecular formula is C16H26NO2P. The molecule has 1 aromatic rings. The van der Waals surface area contributed by atoms with Crippen molar-refractivity contribution in [3.8, 4) is 0 Å². The minimum absolute atomic E-state index is 0.162. The summed E-state index contributed by atoms with van der Waals surface area (Å²) in [5, 5.41) is 4.06. The van der Waals surface area contributed by atoms with Crippen LogP contribution in [0.4, 0.5) is 0 Å². The molecule has 1 heterocycles. The molecule has 4 heteroatoms. The van der Waals surface area contributed by atoms with Crippen molar-refractivity contribution in [3.63, 3.8) is 0 Å². The van der Waals surface area contributed by atoms with E-state index in [2.05, 4.69) is 44.9 Å². The Morgan fingerprint density at radius 1 is 1.20 bits per heavy atom. The monoisotopic (exact) mass is 295 g/mol. The highest BCUT2D eigenvalue weighted by Gasteiger charge is 2.38. The minimum atomic E-state index is -2.92. The van der Waals surface area contributed by atoms with Crippen molar-refractivity contribution in [2.24, 2.45) is 11.3 Å². The molecule has 1 aliphatic rings. The Bertz CT molecular complexity index is 525. The summed E-state index contributed by atoms with van der Waals surface area (Å²) in [5.74, 6) is 0.385. The van der Waals surface area contributed by atoms with Crippen molar-refractivity contribution in [1.29, 1.82) is 0 Å². The van der Waals surface area contributed by atoms with Crippen LogP contribution in [0.5, 0.6) is 0 Å². The maximum atomic E-state index is 13.1. The first-order valence-electron chi connectivity index (χ1n) is 7.21. The van der Waals surface area contributed by atoms with Gasteiger partial charge in [0, 0.05) is 12.5 Å². The third-order valence-corrected chi connectivity index (χ3v) is 6.56. The molecule has 0 aliphatic carbocycles. The summed E-state index contributed by atoms with van der Waals surface area (Å²) < 4.78 is 19.0. The minimum Gasteiger partial charge on any atom is -0.314 e. The predicted molar refractivity (Wildman–Crippen MR) is 84.8 cm³/mol. The quantitative estimate of drug-likeness (QED) is 0.803. The van der Waals surface area contributed by atoms with Crippen molar-refractivity contribution in [3.05, 3.63) is 28.8 Å². The summed E-state index contributed by atoms with van der Waals surface area (Å²) in [5.41, 5.74) is 3.45. The van der Waals surface area contributed by atoms with Gasteiger partial charge in [-0.15, -0.1) is 0 Å². The smallest absolute Gasteiger partial charge is 0.300 e. The molecule has 1 fully saturated rings. The molecule has 0 radical (unpaired) electrons. The number of benzene rings is 1. The third kappa shape index (κ3) is 3.00. The van der Waals surface area contributed by atoms with Crippen LogP contribution in [0.1, 0.15) is 37.5 Å². The molecule has 112 valence electrons. The number of aryl methyl sites for hydroxylation is 3. The van der Waals surface area contributed by atoms with E-state index in [1.165, 1.54) is 5.56 Å². The standard InChI is InChI=1S/C16H26NO2P/c1-11-7-12(2)15(13(3)8-11)20(18)17-9-14(10-19-20)16(4,5)6/h7-8,14H,9-10H2,1-6H3,(H,17,18)/t14-,20+/m1/s1. The second-order valence-electron chi connectivity index (χ2n) is 7.02. The third-order valence-electron chi connectivity index (χ3n) is 4.16. The van der Waals surface area contributed by atoms with Crippen LogP contribution in [0.2, 0.25) is 0 Å². The van der Waals surface area contributed by atoms with Crippen LogP contribution in [-0.2, 0) is 9.09 Å². The first-order valence-corrected chi connectivity index (χ1v) is 8.84. The molecule has 2 rings (SSSR count). The topological polar surface area (TPSA) is 38.3 Å². The highest BCUT2D eigenvalue weighted by Crippen LogP contribution is 2.48. The molecule has 0 bridgehead atoms. The van der Waals surface area contributed by atoms with Crippen LogP contribution >= 0.6 is 7.52 Å². The maximum Gasteiger partial charge on any atom is 0.300 e. The zero-order valence-corrected chi connectivity index (χ0v) is 14.3. The van der Waals surface area contributed by atoms with E-state index in [1.54, 1.807) is 0 Å². The number of hydrogen-bond acceptors (Lipinski definition) is 2. The zero-order chi connectivity index (χ0) is 15.1. The summed E-state index contributed by atoms with van der Waals surface area (Å²) in [4.78, 5) is 0. The Balaban J connectivity index is 2.29. The molecular weight excluding hydrogens is 269 g/mol. The van der Waals surface area contributed by atoms with Crippen LogP contribution in [0.15, 0.2) is 12.1 Å². The SMILES string of the molecule is Cc1cc(C)c([P@@]2(=O)NC[C@@H](C(C)(C)C)CO2)c(C)c1. The summed E-state index contributed by atoms with van der Waals surface area (Å²) in [6, 6.07) is 4.14. The van der Waals surface area contributed by atoms with Gasteiger partial charge in [0.1, 0.15) is 0 Å². The Morgan fingerprint density at radius 3 is 2.15 bits per heavy atom. The zero-order valence-electron chi connectivity index (χ0n) is 13.4. The highest BCUT2D eigenvalue weighted by atomic mass is 31.2. The van der Waals surface area contributed by atoms with Crippen molar-refractivity contribution in [2.45, 2.75) is 41.5 Å². The van der Waals surface area contributed by atoms with Crippen LogP contribution in [0.25, 0.3) is 0 Å². The summed E-state index contributed by atoms with van der Waals surface area (Å²) >= 11 is 0. The van der Waals surface area contributed by atoms with Gasteiger partial charge in [-0.1, -0.05) is 38.5 Å². The van der Waals surface area contributed by atoms with Gasteiger partial charge in [-0.3, -0.25) is 4.57 Å². The highest BCUT2D eigenvalue weighted by molar-refractivity contribution is 7.65. The second-order valence-corrected chi connectivity index (χ2v) is 9.14. The van der Waals surface area contributed by atoms with Gasteiger partial charge in [0.05, 0.1) is 11.9 Å². The van der Waals surface area contributed by atoms with Crippen molar-refractivity contribution < 1.29 is 9.09 Å². The average molecular weight is 295 g/mol. The lowest BCUT2D eigenvalue weighted by atomic mass is 9.81. The Labute approximate surface area is 122 Å². The fourth-order valence-corrected chi connectivity index (χ4v) is 5.15. The Morgan fingerprint density at radius 2 is 1.75 bits per heavy atom. The fraction of sp³-hybridized carbons (Fsp3) is 0.625. The van der Waals surface area contributed by atoms with Crippen LogP contribution in [0, 0.1) is 32.1 Å². The molecule has 1 aromatic carbocycles. The van der Waals surface area contributed by atoms with E-state index < -0.39 is 7.52 Å². The van der Waals surface area contributed by atoms with Gasteiger partial charge in [-0.05, 0) is 37.3 Å². The largest absolute Gasteiger partial charge is 0.314 e. The van der Waals surface area contributed by atoms with Gasteiger partial charge < -0.3 is 4.52 Å². The first kappa shape index (κ1) is 15.8. The summed E-state index contributed by atoms with van der Waals surface area (Å²) in [7, 11) is -2.92. The van der Waals surface area contributed by atoms with Crippen molar-refractivity contribution in [1.82, 2.24) is 5.09 Å². The molecule has 0 unspecified atom stereocenters. The van der Waals surface area contributed by atoms with Gasteiger partial charge in [-0.2, -0.15) is 0 Å². The maximum absolute atomic E-state index is 13.1. The van der Waals surface area contributed by atoms with E-state index >= 15 is 0 Å². The van der Waals surface area contributed by atoms with Crippen molar-refractivity contribution >= 4 is 12.8 Å². The lowest BCUT2D eigenvalue weighted by molar-refractivity contribution is 0.130. The number of hydrogen-bond donors (Lipinski definition) is 1. The molecule has 0 amide bonds. The van der Waals surface area contributed by atoms with Crippen LogP contribution in [-0.4, -0.2) is 13.2 Å². The van der Waals surface area contributed by atoms with E-state index in [0.29, 0.717) is 12.5 Å². The van der Waals surface area contributed by atoms with Crippen LogP contribution < -0.4 is 10.4 Å². The molecule has 1 N–H and O–H groups in total. The van der Waals surface area contributed by atoms with E-state index in [-0.39, 0.29) is 5.41 Å². The predicted octanol–water partition coefficient (Wildman–Crippen LogP) is 3.71. The fourth-order valence-electron chi connectivity index (χ4n) is 2.87. The van der Waals surface area contributed by atoms with Gasteiger partial charge in [-0.25, -0.2) is 5.09 Å². The lowest BCUT2D eigenvalue weighted by Crippen LogP contribution is -2.41. The first-order chi connectivity index (χ1) is 9.13. The molecule has 2 atom stereocenters. The van der Waals surface area contributed by atoms with Gasteiger partial charge in [0.15, 0.2) is 0 Å². The molecule has 20 heavy (non-hydrogen) atoms. The second kappa shape index (κ2) is 5.29. The molecule has 1 saturated heterocycles.